The van der Waals surface area contributed by atoms with Crippen molar-refractivity contribution in [2.75, 3.05) is 20.8 Å². The summed E-state index contributed by atoms with van der Waals surface area (Å²) in [5.41, 5.74) is -0.985. The highest BCUT2D eigenvalue weighted by Gasteiger charge is 2.36. The molecule has 31 heavy (non-hydrogen) atoms. The van der Waals surface area contributed by atoms with E-state index in [0.717, 1.165) is 4.68 Å². The molecule has 0 aliphatic heterocycles. The van der Waals surface area contributed by atoms with E-state index in [0.29, 0.717) is 24.0 Å². The van der Waals surface area contributed by atoms with Gasteiger partial charge in [-0.05, 0) is 24.6 Å². The average Bonchev–Trinajstić information content (AvgIpc) is 3.17. The number of benzene rings is 1. The molecular weight excluding hydrogens is 439 g/mol. The van der Waals surface area contributed by atoms with Crippen molar-refractivity contribution in [2.24, 2.45) is 0 Å². The second-order valence-corrected chi connectivity index (χ2v) is 6.84. The Bertz CT molecular complexity index is 1020. The summed E-state index contributed by atoms with van der Waals surface area (Å²) in [4.78, 5) is 12.4. The van der Waals surface area contributed by atoms with Crippen LogP contribution in [0, 0.1) is 0 Å². The summed E-state index contributed by atoms with van der Waals surface area (Å²) in [7, 11) is 2.97. The molecule has 11 heteroatoms. The van der Waals surface area contributed by atoms with E-state index in [1.807, 2.05) is 0 Å². The molecule has 1 aromatic carbocycles. The average molecular weight is 458 g/mol. The number of ether oxygens (including phenoxy) is 3. The van der Waals surface area contributed by atoms with Crippen LogP contribution in [0.25, 0.3) is 5.69 Å². The van der Waals surface area contributed by atoms with Gasteiger partial charge < -0.3 is 19.5 Å². The van der Waals surface area contributed by atoms with Gasteiger partial charge in [-0.25, -0.2) is 0 Å². The van der Waals surface area contributed by atoms with E-state index in [1.54, 1.807) is 24.3 Å². The molecule has 0 saturated heterocycles. The number of rotatable bonds is 7. The van der Waals surface area contributed by atoms with E-state index in [9.17, 15) is 18.0 Å². The molecule has 1 aromatic heterocycles. The van der Waals surface area contributed by atoms with Gasteiger partial charge in [-0.3, -0.25) is 4.79 Å². The number of alkyl halides is 3. The molecule has 0 radical (unpaired) electrons. The highest BCUT2D eigenvalue weighted by molar-refractivity contribution is 6.32. The molecule has 1 amide bonds. The minimum atomic E-state index is -4.70. The Morgan fingerprint density at radius 2 is 2.03 bits per heavy atom. The zero-order chi connectivity index (χ0) is 22.6. The van der Waals surface area contributed by atoms with Crippen LogP contribution in [-0.4, -0.2) is 42.6 Å². The first-order chi connectivity index (χ1) is 14.7. The van der Waals surface area contributed by atoms with Crippen molar-refractivity contribution in [3.63, 3.8) is 0 Å². The molecule has 1 N–H and O–H groups in total. The smallest absolute Gasteiger partial charge is 0.435 e. The van der Waals surface area contributed by atoms with E-state index in [2.05, 4.69) is 10.4 Å². The third-order valence-corrected chi connectivity index (χ3v) is 4.71. The second kappa shape index (κ2) is 9.34. The number of nitrogens with zero attached hydrogens (tertiary/aromatic N) is 2. The summed E-state index contributed by atoms with van der Waals surface area (Å²) < 4.78 is 56.2. The van der Waals surface area contributed by atoms with Gasteiger partial charge in [0, 0.05) is 12.1 Å². The third kappa shape index (κ3) is 5.32. The number of methoxy groups -OCH3 is 2. The highest BCUT2D eigenvalue weighted by Crippen LogP contribution is 2.33. The van der Waals surface area contributed by atoms with Gasteiger partial charge in [0.15, 0.2) is 12.3 Å². The Morgan fingerprint density at radius 3 is 2.68 bits per heavy atom. The zero-order valence-corrected chi connectivity index (χ0v) is 17.3. The predicted molar refractivity (Wildman–Crippen MR) is 106 cm³/mol. The molecular formula is C20H19ClF3N3O4. The van der Waals surface area contributed by atoms with Crippen LogP contribution in [0.1, 0.15) is 12.1 Å². The van der Waals surface area contributed by atoms with Crippen molar-refractivity contribution in [3.8, 4) is 11.6 Å². The van der Waals surface area contributed by atoms with Crippen LogP contribution in [-0.2, 0) is 20.4 Å². The normalized spacial score (nSPS) is 16.3. The monoisotopic (exact) mass is 457 g/mol. The summed E-state index contributed by atoms with van der Waals surface area (Å²) in [5, 5.41) is 6.43. The number of hydrogen-bond acceptors (Lipinski definition) is 5. The van der Waals surface area contributed by atoms with Crippen LogP contribution < -0.4 is 10.1 Å². The van der Waals surface area contributed by atoms with Crippen LogP contribution >= 0.6 is 11.6 Å². The second-order valence-electron chi connectivity index (χ2n) is 6.43. The van der Waals surface area contributed by atoms with Crippen LogP contribution in [0.15, 0.2) is 54.0 Å². The SMILES string of the molecule is COC1=CCC(NC(=O)COc2cc(C(F)(F)F)nn2-c2ccccc2Cl)C(OC)=C1. The maximum absolute atomic E-state index is 13.2. The number of amides is 1. The number of aromatic nitrogens is 2. The minimum absolute atomic E-state index is 0.173. The fraction of sp³-hybridized carbons (Fsp3) is 0.300. The third-order valence-electron chi connectivity index (χ3n) is 4.39. The molecule has 3 rings (SSSR count). The standard InChI is InChI=1S/C20H19ClF3N3O4/c1-29-12-7-8-14(16(9-12)30-2)25-18(28)11-31-19-10-17(20(22,23)24)26-27(19)15-6-4-3-5-13(15)21/h3-7,9-10,14H,8,11H2,1-2H3,(H,25,28). The van der Waals surface area contributed by atoms with Crippen LogP contribution in [0.4, 0.5) is 13.2 Å². The number of allylic oxidation sites excluding steroid dienone is 1. The van der Waals surface area contributed by atoms with Crippen LogP contribution in [0.3, 0.4) is 0 Å². The largest absolute Gasteiger partial charge is 0.499 e. The maximum atomic E-state index is 13.2. The van der Waals surface area contributed by atoms with E-state index in [1.165, 1.54) is 26.4 Å². The number of carbonyl (C=O) groups is 1. The summed E-state index contributed by atoms with van der Waals surface area (Å²) >= 11 is 6.09. The van der Waals surface area contributed by atoms with E-state index in [-0.39, 0.29) is 16.6 Å². The lowest BCUT2D eigenvalue weighted by atomic mass is 10.1. The van der Waals surface area contributed by atoms with E-state index in [4.69, 9.17) is 25.8 Å². The molecule has 2 aromatic rings. The van der Waals surface area contributed by atoms with Crippen molar-refractivity contribution in [1.82, 2.24) is 15.1 Å². The fourth-order valence-electron chi connectivity index (χ4n) is 2.90. The fourth-order valence-corrected chi connectivity index (χ4v) is 3.12. The Labute approximate surface area is 181 Å². The first kappa shape index (κ1) is 22.5. The number of nitrogens with one attached hydrogen (secondary N) is 1. The van der Waals surface area contributed by atoms with E-state index >= 15 is 0 Å². The van der Waals surface area contributed by atoms with Gasteiger partial charge >= 0.3 is 6.18 Å². The van der Waals surface area contributed by atoms with Crippen LogP contribution in [0.5, 0.6) is 5.88 Å². The Kier molecular flexibility index (Phi) is 6.79. The Balaban J connectivity index is 1.75. The summed E-state index contributed by atoms with van der Waals surface area (Å²) in [5.74, 6) is 0.251. The van der Waals surface area contributed by atoms with Crippen molar-refractivity contribution < 1.29 is 32.2 Å². The Hall–Kier alpha value is -3.14. The topological polar surface area (TPSA) is 74.6 Å². The lowest BCUT2D eigenvalue weighted by Crippen LogP contribution is -2.40. The Morgan fingerprint density at radius 1 is 1.29 bits per heavy atom. The maximum Gasteiger partial charge on any atom is 0.435 e. The molecule has 1 unspecified atom stereocenters. The summed E-state index contributed by atoms with van der Waals surface area (Å²) in [6, 6.07) is 6.47. The molecule has 1 aliphatic carbocycles. The van der Waals surface area contributed by atoms with Gasteiger partial charge in [0.25, 0.3) is 5.91 Å². The van der Waals surface area contributed by atoms with Crippen molar-refractivity contribution in [1.29, 1.82) is 0 Å². The van der Waals surface area contributed by atoms with Gasteiger partial charge in [0.2, 0.25) is 5.88 Å². The zero-order valence-electron chi connectivity index (χ0n) is 16.6. The minimum Gasteiger partial charge on any atom is -0.499 e. The van der Waals surface area contributed by atoms with Crippen molar-refractivity contribution in [2.45, 2.75) is 18.6 Å². The van der Waals surface area contributed by atoms with Crippen LogP contribution in [0.2, 0.25) is 5.02 Å². The molecule has 1 atom stereocenters. The van der Waals surface area contributed by atoms with Gasteiger partial charge in [-0.2, -0.15) is 23.0 Å². The molecule has 166 valence electrons. The number of carbonyl (C=O) groups excluding carboxylic acids is 1. The molecule has 1 aliphatic rings. The quantitative estimate of drug-likeness (QED) is 0.683. The molecule has 1 heterocycles. The van der Waals surface area contributed by atoms with Crippen molar-refractivity contribution >= 4 is 17.5 Å². The number of para-hydroxylation sites is 1. The molecule has 0 saturated carbocycles. The lowest BCUT2D eigenvalue weighted by Gasteiger charge is -2.23. The summed E-state index contributed by atoms with van der Waals surface area (Å²) in [6.07, 6.45) is -0.864. The van der Waals surface area contributed by atoms with Gasteiger partial charge in [0.1, 0.15) is 11.5 Å². The number of halogens is 4. The first-order valence-electron chi connectivity index (χ1n) is 9.07. The lowest BCUT2D eigenvalue weighted by molar-refractivity contribution is -0.141. The highest BCUT2D eigenvalue weighted by atomic mass is 35.5. The first-order valence-corrected chi connectivity index (χ1v) is 9.44. The predicted octanol–water partition coefficient (Wildman–Crippen LogP) is 3.87. The molecule has 0 fully saturated rings. The van der Waals surface area contributed by atoms with Crippen molar-refractivity contribution in [3.05, 3.63) is 64.7 Å². The summed E-state index contributed by atoms with van der Waals surface area (Å²) in [6.45, 7) is -0.540. The molecule has 0 spiro atoms. The van der Waals surface area contributed by atoms with Gasteiger partial charge in [0.05, 0.1) is 31.0 Å². The van der Waals surface area contributed by atoms with E-state index < -0.39 is 30.4 Å². The van der Waals surface area contributed by atoms with Gasteiger partial charge in [-0.15, -0.1) is 0 Å². The number of hydrogen-bond donors (Lipinski definition) is 1. The molecule has 7 nitrogen and oxygen atoms in total. The van der Waals surface area contributed by atoms with Gasteiger partial charge in [-0.1, -0.05) is 23.7 Å². The molecule has 0 bridgehead atoms.